The number of amides is 1. The third-order valence-electron chi connectivity index (χ3n) is 4.49. The lowest BCUT2D eigenvalue weighted by atomic mass is 9.99. The van der Waals surface area contributed by atoms with Crippen LogP contribution in [0.2, 0.25) is 0 Å². The molecule has 0 N–H and O–H groups in total. The second kappa shape index (κ2) is 4.95. The summed E-state index contributed by atoms with van der Waals surface area (Å²) in [4.78, 5) is 14.5. The van der Waals surface area contributed by atoms with Gasteiger partial charge in [-0.3, -0.25) is 4.79 Å². The molecule has 4 heterocycles. The molecule has 2 aromatic rings. The molecule has 1 fully saturated rings. The first kappa shape index (κ1) is 13.5. The lowest BCUT2D eigenvalue weighted by molar-refractivity contribution is -0.0627. The molecule has 116 valence electrons. The highest BCUT2D eigenvalue weighted by molar-refractivity contribution is 5.95. The van der Waals surface area contributed by atoms with Crippen molar-refractivity contribution < 1.29 is 13.9 Å². The molecule has 0 radical (unpaired) electrons. The number of fused-ring (bicyclic) bond motifs is 3. The van der Waals surface area contributed by atoms with Gasteiger partial charge in [0.05, 0.1) is 36.2 Å². The smallest absolute Gasteiger partial charge is 0.257 e. The number of likely N-dealkylation sites (tertiary alicyclic amines) is 1. The summed E-state index contributed by atoms with van der Waals surface area (Å²) in [6, 6.07) is 1.98. The quantitative estimate of drug-likeness (QED) is 0.797. The summed E-state index contributed by atoms with van der Waals surface area (Å²) in [5, 5.41) is 8.11. The number of piperidine rings is 1. The van der Waals surface area contributed by atoms with Crippen molar-refractivity contribution in [3.8, 4) is 0 Å². The summed E-state index contributed by atoms with van der Waals surface area (Å²) in [6.07, 6.45) is 2.54. The number of hydrogen-bond donors (Lipinski definition) is 0. The van der Waals surface area contributed by atoms with E-state index in [4.69, 9.17) is 9.15 Å². The topological polar surface area (TPSA) is 73.4 Å². The predicted octanol–water partition coefficient (Wildman–Crippen LogP) is 1.47. The van der Waals surface area contributed by atoms with Crippen LogP contribution in [0.25, 0.3) is 0 Å². The van der Waals surface area contributed by atoms with Gasteiger partial charge in [-0.2, -0.15) is 0 Å². The Bertz CT molecular complexity index is 720. The SMILES string of the molecule is Cc1cc(C(=O)N2CC[C@H]3[C@H](C2)OCc2cnnn23)c(C)o1. The van der Waals surface area contributed by atoms with Gasteiger partial charge in [0.25, 0.3) is 5.91 Å². The Morgan fingerprint density at radius 3 is 3.05 bits per heavy atom. The van der Waals surface area contributed by atoms with Crippen molar-refractivity contribution in [3.63, 3.8) is 0 Å². The first-order chi connectivity index (χ1) is 10.6. The normalized spacial score (nSPS) is 24.0. The summed E-state index contributed by atoms with van der Waals surface area (Å²) in [5.74, 6) is 1.45. The number of nitrogens with zero attached hydrogens (tertiary/aromatic N) is 4. The van der Waals surface area contributed by atoms with E-state index in [1.165, 1.54) is 0 Å². The van der Waals surface area contributed by atoms with Crippen molar-refractivity contribution in [2.24, 2.45) is 0 Å². The fourth-order valence-corrected chi connectivity index (χ4v) is 3.39. The van der Waals surface area contributed by atoms with Crippen LogP contribution in [0.4, 0.5) is 0 Å². The number of aryl methyl sites for hydroxylation is 2. The van der Waals surface area contributed by atoms with Crippen LogP contribution in [0.1, 0.15) is 40.0 Å². The molecular weight excluding hydrogens is 284 g/mol. The van der Waals surface area contributed by atoms with E-state index in [2.05, 4.69) is 10.3 Å². The Balaban J connectivity index is 1.54. The highest BCUT2D eigenvalue weighted by atomic mass is 16.5. The van der Waals surface area contributed by atoms with Gasteiger partial charge >= 0.3 is 0 Å². The number of aromatic nitrogens is 3. The summed E-state index contributed by atoms with van der Waals surface area (Å²) in [6.45, 7) is 5.44. The third-order valence-corrected chi connectivity index (χ3v) is 4.49. The molecule has 0 bridgehead atoms. The van der Waals surface area contributed by atoms with Crippen LogP contribution >= 0.6 is 0 Å². The van der Waals surface area contributed by atoms with E-state index in [-0.39, 0.29) is 18.1 Å². The van der Waals surface area contributed by atoms with E-state index in [1.807, 2.05) is 23.4 Å². The van der Waals surface area contributed by atoms with Crippen molar-refractivity contribution in [1.82, 2.24) is 19.9 Å². The van der Waals surface area contributed by atoms with Crippen molar-refractivity contribution in [3.05, 3.63) is 35.0 Å². The summed E-state index contributed by atoms with van der Waals surface area (Å²) in [7, 11) is 0. The van der Waals surface area contributed by atoms with Gasteiger partial charge in [-0.05, 0) is 26.3 Å². The van der Waals surface area contributed by atoms with E-state index in [0.29, 0.717) is 31.0 Å². The molecular formula is C15H18N4O3. The van der Waals surface area contributed by atoms with Gasteiger partial charge in [0.15, 0.2) is 0 Å². The van der Waals surface area contributed by atoms with Gasteiger partial charge in [0.2, 0.25) is 0 Å². The monoisotopic (exact) mass is 302 g/mol. The van der Waals surface area contributed by atoms with Crippen LogP contribution < -0.4 is 0 Å². The van der Waals surface area contributed by atoms with Gasteiger partial charge in [-0.15, -0.1) is 5.10 Å². The first-order valence-corrected chi connectivity index (χ1v) is 7.50. The Kier molecular flexibility index (Phi) is 3.04. The largest absolute Gasteiger partial charge is 0.466 e. The predicted molar refractivity (Wildman–Crippen MR) is 76.3 cm³/mol. The van der Waals surface area contributed by atoms with Crippen LogP contribution in [0.15, 0.2) is 16.7 Å². The molecule has 7 nitrogen and oxygen atoms in total. The van der Waals surface area contributed by atoms with E-state index in [9.17, 15) is 4.79 Å². The molecule has 1 amide bonds. The minimum atomic E-state index is -0.0276. The zero-order valence-electron chi connectivity index (χ0n) is 12.7. The number of carbonyl (C=O) groups excluding carboxylic acids is 1. The van der Waals surface area contributed by atoms with Gasteiger partial charge in [-0.1, -0.05) is 5.21 Å². The summed E-state index contributed by atoms with van der Waals surface area (Å²) < 4.78 is 13.3. The molecule has 0 aliphatic carbocycles. The average molecular weight is 302 g/mol. The Hall–Kier alpha value is -2.15. The fourth-order valence-electron chi connectivity index (χ4n) is 3.39. The maximum atomic E-state index is 12.7. The van der Waals surface area contributed by atoms with Crippen LogP contribution in [0.5, 0.6) is 0 Å². The average Bonchev–Trinajstić information content (AvgIpc) is 3.12. The van der Waals surface area contributed by atoms with Crippen molar-refractivity contribution in [1.29, 1.82) is 0 Å². The first-order valence-electron chi connectivity index (χ1n) is 7.50. The lowest BCUT2D eigenvalue weighted by Gasteiger charge is -2.40. The molecule has 4 rings (SSSR count). The molecule has 22 heavy (non-hydrogen) atoms. The molecule has 2 atom stereocenters. The van der Waals surface area contributed by atoms with Gasteiger partial charge < -0.3 is 14.1 Å². The molecule has 0 aromatic carbocycles. The molecule has 0 saturated carbocycles. The second-order valence-electron chi connectivity index (χ2n) is 5.95. The van der Waals surface area contributed by atoms with Crippen LogP contribution in [0, 0.1) is 13.8 Å². The number of ether oxygens (including phenoxy) is 1. The maximum absolute atomic E-state index is 12.7. The molecule has 2 aromatic heterocycles. The number of hydrogen-bond acceptors (Lipinski definition) is 5. The number of carbonyl (C=O) groups is 1. The molecule has 0 unspecified atom stereocenters. The fraction of sp³-hybridized carbons (Fsp3) is 0.533. The molecule has 1 saturated heterocycles. The number of furan rings is 1. The lowest BCUT2D eigenvalue weighted by Crippen LogP contribution is -2.50. The van der Waals surface area contributed by atoms with Crippen LogP contribution in [0.3, 0.4) is 0 Å². The van der Waals surface area contributed by atoms with E-state index in [1.54, 1.807) is 12.3 Å². The molecule has 2 aliphatic heterocycles. The summed E-state index contributed by atoms with van der Waals surface area (Å²) >= 11 is 0. The van der Waals surface area contributed by atoms with Gasteiger partial charge in [-0.25, -0.2) is 4.68 Å². The Labute approximate surface area is 127 Å². The zero-order valence-corrected chi connectivity index (χ0v) is 12.7. The standard InChI is InChI=1S/C15H18N4O3/c1-9-5-12(10(2)22-9)15(20)18-4-3-13-14(7-18)21-8-11-6-16-17-19(11)13/h5-6,13-14H,3-4,7-8H2,1-2H3/t13-,14-/m0/s1. The Morgan fingerprint density at radius 1 is 1.41 bits per heavy atom. The van der Waals surface area contributed by atoms with Crippen LogP contribution in [-0.2, 0) is 11.3 Å². The van der Waals surface area contributed by atoms with Crippen molar-refractivity contribution in [2.75, 3.05) is 13.1 Å². The Morgan fingerprint density at radius 2 is 2.27 bits per heavy atom. The number of rotatable bonds is 1. The van der Waals surface area contributed by atoms with Crippen molar-refractivity contribution >= 4 is 5.91 Å². The molecule has 0 spiro atoms. The minimum Gasteiger partial charge on any atom is -0.466 e. The maximum Gasteiger partial charge on any atom is 0.257 e. The third kappa shape index (κ3) is 2.04. The second-order valence-corrected chi connectivity index (χ2v) is 5.95. The van der Waals surface area contributed by atoms with E-state index < -0.39 is 0 Å². The van der Waals surface area contributed by atoms with E-state index in [0.717, 1.165) is 17.9 Å². The summed E-state index contributed by atoms with van der Waals surface area (Å²) in [5.41, 5.74) is 1.65. The molecule has 2 aliphatic rings. The van der Waals surface area contributed by atoms with Gasteiger partial charge in [0, 0.05) is 13.1 Å². The molecule has 7 heteroatoms. The highest BCUT2D eigenvalue weighted by Gasteiger charge is 2.38. The zero-order chi connectivity index (χ0) is 15.3. The minimum absolute atomic E-state index is 0.0146. The van der Waals surface area contributed by atoms with Crippen molar-refractivity contribution in [2.45, 2.75) is 39.0 Å². The van der Waals surface area contributed by atoms with Crippen LogP contribution in [-0.4, -0.2) is 45.0 Å². The van der Waals surface area contributed by atoms with E-state index >= 15 is 0 Å². The highest BCUT2D eigenvalue weighted by Crippen LogP contribution is 2.31. The van der Waals surface area contributed by atoms with Gasteiger partial charge in [0.1, 0.15) is 11.5 Å².